The summed E-state index contributed by atoms with van der Waals surface area (Å²) in [5.74, 6) is -0.768. The Morgan fingerprint density at radius 2 is 1.52 bits per heavy atom. The molecule has 12 nitrogen and oxygen atoms in total. The van der Waals surface area contributed by atoms with Gasteiger partial charge in [0.05, 0.1) is 32.5 Å². The lowest BCUT2D eigenvalue weighted by Crippen LogP contribution is -2.61. The Morgan fingerprint density at radius 1 is 0.950 bits per heavy atom. The number of aliphatic hydroxyl groups excluding tert-OH is 5. The van der Waals surface area contributed by atoms with Crippen LogP contribution in [0.1, 0.15) is 18.1 Å². The number of hydrogen-bond acceptors (Lipinski definition) is 12. The van der Waals surface area contributed by atoms with E-state index in [4.69, 9.17) is 18.9 Å². The van der Waals surface area contributed by atoms with Gasteiger partial charge in [0, 0.05) is 13.1 Å². The van der Waals surface area contributed by atoms with Crippen molar-refractivity contribution in [2.45, 2.75) is 69.2 Å². The van der Waals surface area contributed by atoms with Crippen molar-refractivity contribution in [3.8, 4) is 0 Å². The molecule has 1 fully saturated rings. The average molecular weight is 561 g/mol. The Hall–Kier alpha value is -3.07. The van der Waals surface area contributed by atoms with E-state index in [0.717, 1.165) is 18.1 Å². The lowest BCUT2D eigenvalue weighted by atomic mass is 9.99. The summed E-state index contributed by atoms with van der Waals surface area (Å²) in [5, 5.41) is 51.3. The molecule has 12 heteroatoms. The van der Waals surface area contributed by atoms with E-state index < -0.39 is 68.4 Å². The zero-order valence-electron chi connectivity index (χ0n) is 22.0. The van der Waals surface area contributed by atoms with Gasteiger partial charge in [-0.1, -0.05) is 60.7 Å². The third kappa shape index (κ3) is 9.54. The third-order valence-electron chi connectivity index (χ3n) is 5.99. The molecule has 5 N–H and O–H groups in total. The lowest BCUT2D eigenvalue weighted by Gasteiger charge is -2.42. The summed E-state index contributed by atoms with van der Waals surface area (Å²) in [4.78, 5) is 20.1. The van der Waals surface area contributed by atoms with Gasteiger partial charge in [-0.05, 0) is 11.1 Å². The van der Waals surface area contributed by atoms with Crippen molar-refractivity contribution in [3.63, 3.8) is 0 Å². The molecule has 0 amide bonds. The van der Waals surface area contributed by atoms with Gasteiger partial charge in [0.2, 0.25) is 0 Å². The zero-order valence-corrected chi connectivity index (χ0v) is 22.0. The topological polar surface area (TPSA) is 180 Å². The van der Waals surface area contributed by atoms with Gasteiger partial charge < -0.3 is 44.5 Å². The van der Waals surface area contributed by atoms with Gasteiger partial charge in [-0.25, -0.2) is 0 Å². The number of aliphatic hydroxyl groups is 5. The zero-order chi connectivity index (χ0) is 28.9. The van der Waals surface area contributed by atoms with Crippen molar-refractivity contribution in [2.24, 2.45) is 9.98 Å². The number of carbonyl (C=O) groups is 1. The second-order valence-electron chi connectivity index (χ2n) is 9.08. The number of esters is 1. The molecule has 1 heterocycles. The van der Waals surface area contributed by atoms with Crippen LogP contribution < -0.4 is 0 Å². The van der Waals surface area contributed by atoms with E-state index in [9.17, 15) is 30.3 Å². The predicted molar refractivity (Wildman–Crippen MR) is 143 cm³/mol. The fraction of sp³-hybridized carbons (Fsp3) is 0.464. The first-order valence-electron chi connectivity index (χ1n) is 12.8. The SMILES string of the molecule is CC(=O)O[C@H]1[C@H](O)[C@@H](O[C@H](C=NCc2ccccc2)[C@H](CO)O[C@H](O)C=NCc2ccccc2)O[C@@H](CO)[C@@H]1O. The van der Waals surface area contributed by atoms with Crippen molar-refractivity contribution in [1.82, 2.24) is 0 Å². The summed E-state index contributed by atoms with van der Waals surface area (Å²) >= 11 is 0. The fourth-order valence-corrected chi connectivity index (χ4v) is 3.99. The summed E-state index contributed by atoms with van der Waals surface area (Å²) < 4.78 is 22.0. The number of aliphatic imine (C=N–C) groups is 2. The van der Waals surface area contributed by atoms with E-state index in [0.29, 0.717) is 6.54 Å². The smallest absolute Gasteiger partial charge is 0.303 e. The molecule has 1 aliphatic rings. The molecule has 2 aromatic carbocycles. The first-order chi connectivity index (χ1) is 19.3. The van der Waals surface area contributed by atoms with E-state index >= 15 is 0 Å². The van der Waals surface area contributed by atoms with Crippen LogP contribution in [0.5, 0.6) is 0 Å². The molecule has 3 rings (SSSR count). The molecule has 0 spiro atoms. The number of rotatable bonds is 14. The van der Waals surface area contributed by atoms with Crippen LogP contribution in [-0.4, -0.2) is 106 Å². The maximum absolute atomic E-state index is 11.6. The van der Waals surface area contributed by atoms with E-state index in [-0.39, 0.29) is 6.54 Å². The number of carbonyl (C=O) groups excluding carboxylic acids is 1. The summed E-state index contributed by atoms with van der Waals surface area (Å²) in [6.07, 6.45) is -8.84. The standard InChI is InChI=1S/C28H36N2O10/c1-18(33)37-27-25(35)23(17-32)40-28(26(27)36)39-21(14-29-12-19-8-4-2-5-9-19)22(16-31)38-24(34)15-30-13-20-10-6-3-7-11-20/h2-11,14-15,21-28,31-32,34-36H,12-13,16-17H2,1H3/t21-,22+,23+,24+,25+,26+,27-,28+/m1/s1. The van der Waals surface area contributed by atoms with E-state index in [2.05, 4.69) is 9.98 Å². The van der Waals surface area contributed by atoms with Gasteiger partial charge in [0.1, 0.15) is 30.5 Å². The van der Waals surface area contributed by atoms with Crippen LogP contribution >= 0.6 is 0 Å². The minimum Gasteiger partial charge on any atom is -0.457 e. The second kappa shape index (κ2) is 16.3. The van der Waals surface area contributed by atoms with Gasteiger partial charge in [-0.15, -0.1) is 0 Å². The molecular formula is C28H36N2O10. The van der Waals surface area contributed by atoms with Gasteiger partial charge >= 0.3 is 5.97 Å². The minimum atomic E-state index is -1.66. The minimum absolute atomic E-state index is 0.252. The maximum atomic E-state index is 11.6. The molecule has 40 heavy (non-hydrogen) atoms. The van der Waals surface area contributed by atoms with Crippen LogP contribution in [0.3, 0.4) is 0 Å². The van der Waals surface area contributed by atoms with Crippen molar-refractivity contribution in [2.75, 3.05) is 13.2 Å². The Bertz CT molecular complexity index is 1070. The third-order valence-corrected chi connectivity index (χ3v) is 5.99. The molecule has 1 aliphatic heterocycles. The van der Waals surface area contributed by atoms with Crippen molar-refractivity contribution < 1.29 is 49.3 Å². The van der Waals surface area contributed by atoms with Crippen molar-refractivity contribution in [3.05, 3.63) is 71.8 Å². The van der Waals surface area contributed by atoms with Crippen LogP contribution in [0, 0.1) is 0 Å². The van der Waals surface area contributed by atoms with Crippen LogP contribution in [0.15, 0.2) is 70.6 Å². The average Bonchev–Trinajstić information content (AvgIpc) is 2.95. The highest BCUT2D eigenvalue weighted by atomic mass is 16.7. The van der Waals surface area contributed by atoms with Crippen LogP contribution in [0.4, 0.5) is 0 Å². The summed E-state index contributed by atoms with van der Waals surface area (Å²) in [5.41, 5.74) is 1.81. The predicted octanol–water partition coefficient (Wildman–Crippen LogP) is -0.0198. The molecule has 8 atom stereocenters. The number of ether oxygens (including phenoxy) is 4. The normalized spacial score (nSPS) is 25.6. The largest absolute Gasteiger partial charge is 0.457 e. The molecule has 0 bridgehead atoms. The quantitative estimate of drug-likeness (QED) is 0.120. The number of nitrogens with zero attached hydrogens (tertiary/aromatic N) is 2. The molecule has 2 aromatic rings. The molecular weight excluding hydrogens is 524 g/mol. The Balaban J connectivity index is 1.76. The first kappa shape index (κ1) is 31.5. The van der Waals surface area contributed by atoms with Gasteiger partial charge in [-0.3, -0.25) is 14.8 Å². The number of benzene rings is 2. The summed E-state index contributed by atoms with van der Waals surface area (Å²) in [7, 11) is 0. The molecule has 0 aliphatic carbocycles. The maximum Gasteiger partial charge on any atom is 0.303 e. The molecule has 1 saturated heterocycles. The highest BCUT2D eigenvalue weighted by molar-refractivity contribution is 5.66. The lowest BCUT2D eigenvalue weighted by molar-refractivity contribution is -0.315. The number of hydrogen-bond donors (Lipinski definition) is 5. The Kier molecular flexibility index (Phi) is 12.8. The van der Waals surface area contributed by atoms with Crippen molar-refractivity contribution >= 4 is 18.4 Å². The van der Waals surface area contributed by atoms with Crippen LogP contribution in [0.25, 0.3) is 0 Å². The molecule has 0 aromatic heterocycles. The molecule has 0 radical (unpaired) electrons. The van der Waals surface area contributed by atoms with Gasteiger partial charge in [-0.2, -0.15) is 0 Å². The van der Waals surface area contributed by atoms with E-state index in [1.165, 1.54) is 12.4 Å². The first-order valence-corrected chi connectivity index (χ1v) is 12.8. The van der Waals surface area contributed by atoms with Gasteiger partial charge in [0.15, 0.2) is 18.7 Å². The summed E-state index contributed by atoms with van der Waals surface area (Å²) in [6, 6.07) is 18.7. The van der Waals surface area contributed by atoms with Crippen LogP contribution in [-0.2, 0) is 36.8 Å². The highest BCUT2D eigenvalue weighted by Gasteiger charge is 2.48. The molecule has 0 unspecified atom stereocenters. The fourth-order valence-electron chi connectivity index (χ4n) is 3.99. The van der Waals surface area contributed by atoms with Crippen LogP contribution in [0.2, 0.25) is 0 Å². The summed E-state index contributed by atoms with van der Waals surface area (Å²) in [6.45, 7) is 0.368. The van der Waals surface area contributed by atoms with E-state index in [1.807, 2.05) is 60.7 Å². The van der Waals surface area contributed by atoms with E-state index in [1.54, 1.807) is 0 Å². The van der Waals surface area contributed by atoms with Gasteiger partial charge in [0.25, 0.3) is 0 Å². The second-order valence-corrected chi connectivity index (χ2v) is 9.08. The Labute approximate surface area is 232 Å². The molecule has 218 valence electrons. The van der Waals surface area contributed by atoms with Crippen molar-refractivity contribution in [1.29, 1.82) is 0 Å². The molecule has 0 saturated carbocycles. The highest BCUT2D eigenvalue weighted by Crippen LogP contribution is 2.26. The monoisotopic (exact) mass is 560 g/mol. The Morgan fingerprint density at radius 3 is 2.05 bits per heavy atom.